The monoisotopic (exact) mass is 370 g/mol. The number of hydrogen-bond donors (Lipinski definition) is 2. The summed E-state index contributed by atoms with van der Waals surface area (Å²) in [6.07, 6.45) is 0. The van der Waals surface area contributed by atoms with E-state index < -0.39 is 5.97 Å². The fourth-order valence-corrected chi connectivity index (χ4v) is 2.87. The molecule has 0 bridgehead atoms. The third-order valence-electron chi connectivity index (χ3n) is 4.40. The number of rotatable bonds is 3. The maximum absolute atomic E-state index is 11.2. The molecule has 3 aromatic rings. The van der Waals surface area contributed by atoms with E-state index in [0.29, 0.717) is 0 Å². The second-order valence-electron chi connectivity index (χ2n) is 6.23. The zero-order chi connectivity index (χ0) is 16.6. The van der Waals surface area contributed by atoms with Crippen LogP contribution in [0.25, 0.3) is 10.8 Å². The number of aromatic hydroxyl groups is 1. The van der Waals surface area contributed by atoms with Crippen molar-refractivity contribution in [1.82, 2.24) is 0 Å². The minimum atomic E-state index is -1.13. The van der Waals surface area contributed by atoms with Crippen molar-refractivity contribution in [1.29, 1.82) is 0 Å². The van der Waals surface area contributed by atoms with Crippen LogP contribution < -0.4 is 0 Å². The largest absolute Gasteiger partial charge is 0.507 e. The van der Waals surface area contributed by atoms with E-state index in [2.05, 4.69) is 26.0 Å². The molecule has 118 valence electrons. The number of carbonyl (C=O) groups is 1. The number of phenols is 1. The summed E-state index contributed by atoms with van der Waals surface area (Å²) in [7, 11) is 0. The standard InChI is InChI=1S/C20H18O3.Zn/c1-20(2,15-6-4-3-5-7-15)16-9-8-13-12-18(21)17(19(22)23)11-14(13)10-16;/h3-12,21H,1-2H3,(H,22,23);. The van der Waals surface area contributed by atoms with Crippen molar-refractivity contribution in [2.45, 2.75) is 19.3 Å². The fraction of sp³-hybridized carbons (Fsp3) is 0.150. The van der Waals surface area contributed by atoms with Crippen LogP contribution in [0.1, 0.15) is 35.3 Å². The van der Waals surface area contributed by atoms with Crippen molar-refractivity contribution in [2.24, 2.45) is 0 Å². The van der Waals surface area contributed by atoms with Crippen LogP contribution in [0.15, 0.2) is 60.7 Å². The van der Waals surface area contributed by atoms with Crippen LogP contribution in [0.5, 0.6) is 5.75 Å². The first-order valence-electron chi connectivity index (χ1n) is 7.45. The van der Waals surface area contributed by atoms with Crippen molar-refractivity contribution >= 4 is 16.7 Å². The third-order valence-corrected chi connectivity index (χ3v) is 4.40. The molecule has 3 nitrogen and oxygen atoms in total. The van der Waals surface area contributed by atoms with Gasteiger partial charge in [-0.3, -0.25) is 0 Å². The summed E-state index contributed by atoms with van der Waals surface area (Å²) in [4.78, 5) is 11.2. The Morgan fingerprint density at radius 2 is 1.54 bits per heavy atom. The smallest absolute Gasteiger partial charge is 0.339 e. The van der Waals surface area contributed by atoms with Crippen LogP contribution in [0.2, 0.25) is 0 Å². The van der Waals surface area contributed by atoms with Crippen LogP contribution in [0.3, 0.4) is 0 Å². The van der Waals surface area contributed by atoms with Gasteiger partial charge in [0, 0.05) is 24.9 Å². The molecule has 0 unspecified atom stereocenters. The van der Waals surface area contributed by atoms with Crippen LogP contribution in [-0.2, 0) is 24.9 Å². The number of benzene rings is 3. The molecular formula is C20H18O3Zn. The summed E-state index contributed by atoms with van der Waals surface area (Å²) in [5.41, 5.74) is 2.01. The van der Waals surface area contributed by atoms with Crippen molar-refractivity contribution in [2.75, 3.05) is 0 Å². The van der Waals surface area contributed by atoms with Crippen molar-refractivity contribution in [3.8, 4) is 5.75 Å². The number of carboxylic acid groups (broad SMARTS) is 1. The second-order valence-corrected chi connectivity index (χ2v) is 6.23. The first kappa shape index (κ1) is 18.2. The Labute approximate surface area is 153 Å². The first-order valence-corrected chi connectivity index (χ1v) is 7.45. The maximum atomic E-state index is 11.2. The molecule has 0 radical (unpaired) electrons. The molecule has 0 amide bonds. The predicted molar refractivity (Wildman–Crippen MR) is 91.1 cm³/mol. The summed E-state index contributed by atoms with van der Waals surface area (Å²) in [6.45, 7) is 4.28. The van der Waals surface area contributed by atoms with E-state index in [-0.39, 0.29) is 36.2 Å². The number of aromatic carboxylic acids is 1. The van der Waals surface area contributed by atoms with Gasteiger partial charge in [0.1, 0.15) is 11.3 Å². The first-order chi connectivity index (χ1) is 10.9. The average molecular weight is 372 g/mol. The van der Waals surface area contributed by atoms with Crippen molar-refractivity contribution < 1.29 is 34.5 Å². The van der Waals surface area contributed by atoms with Gasteiger partial charge in [0.15, 0.2) is 0 Å². The number of carboxylic acids is 1. The van der Waals surface area contributed by atoms with Gasteiger partial charge in [0.25, 0.3) is 0 Å². The summed E-state index contributed by atoms with van der Waals surface area (Å²) < 4.78 is 0. The van der Waals surface area contributed by atoms with Gasteiger partial charge in [0.2, 0.25) is 0 Å². The summed E-state index contributed by atoms with van der Waals surface area (Å²) in [5.74, 6) is -1.34. The van der Waals surface area contributed by atoms with E-state index in [1.54, 1.807) is 0 Å². The van der Waals surface area contributed by atoms with Crippen LogP contribution >= 0.6 is 0 Å². The molecule has 2 N–H and O–H groups in total. The predicted octanol–water partition coefficient (Wildman–Crippen LogP) is 4.57. The van der Waals surface area contributed by atoms with E-state index in [1.807, 2.05) is 36.4 Å². The maximum Gasteiger partial charge on any atom is 0.339 e. The molecule has 0 saturated heterocycles. The van der Waals surface area contributed by atoms with Crippen LogP contribution in [0, 0.1) is 0 Å². The van der Waals surface area contributed by atoms with E-state index in [1.165, 1.54) is 17.7 Å². The van der Waals surface area contributed by atoms with E-state index >= 15 is 0 Å². The Morgan fingerprint density at radius 3 is 2.17 bits per heavy atom. The minimum absolute atomic E-state index is 0. The van der Waals surface area contributed by atoms with Crippen LogP contribution in [0.4, 0.5) is 0 Å². The molecule has 0 saturated carbocycles. The van der Waals surface area contributed by atoms with Gasteiger partial charge in [-0.1, -0.05) is 62.4 Å². The number of hydrogen-bond acceptors (Lipinski definition) is 2. The summed E-state index contributed by atoms with van der Waals surface area (Å²) >= 11 is 0. The quantitative estimate of drug-likeness (QED) is 0.663. The van der Waals surface area contributed by atoms with E-state index in [0.717, 1.165) is 16.3 Å². The molecule has 0 fully saturated rings. The number of fused-ring (bicyclic) bond motifs is 1. The molecular weight excluding hydrogens is 354 g/mol. The Kier molecular flexibility index (Phi) is 5.10. The van der Waals surface area contributed by atoms with Gasteiger partial charge < -0.3 is 10.2 Å². The molecule has 0 spiro atoms. The molecule has 0 aromatic heterocycles. The zero-order valence-corrected chi connectivity index (χ0v) is 16.8. The zero-order valence-electron chi connectivity index (χ0n) is 13.8. The van der Waals surface area contributed by atoms with E-state index in [4.69, 9.17) is 0 Å². The molecule has 4 heteroatoms. The normalized spacial score (nSPS) is 11.1. The van der Waals surface area contributed by atoms with Gasteiger partial charge in [-0.2, -0.15) is 0 Å². The molecule has 0 aliphatic heterocycles. The second kappa shape index (κ2) is 6.74. The van der Waals surface area contributed by atoms with Gasteiger partial charge >= 0.3 is 5.97 Å². The van der Waals surface area contributed by atoms with E-state index in [9.17, 15) is 15.0 Å². The molecule has 3 rings (SSSR count). The van der Waals surface area contributed by atoms with Crippen molar-refractivity contribution in [3.05, 3.63) is 77.4 Å². The Morgan fingerprint density at radius 1 is 0.875 bits per heavy atom. The minimum Gasteiger partial charge on any atom is -0.507 e. The Balaban J connectivity index is 0.00000208. The molecule has 0 atom stereocenters. The van der Waals surface area contributed by atoms with Crippen molar-refractivity contribution in [3.63, 3.8) is 0 Å². The van der Waals surface area contributed by atoms with Crippen LogP contribution in [-0.4, -0.2) is 16.2 Å². The summed E-state index contributed by atoms with van der Waals surface area (Å²) in [6, 6.07) is 19.1. The topological polar surface area (TPSA) is 57.5 Å². The summed E-state index contributed by atoms with van der Waals surface area (Å²) in [5, 5.41) is 20.6. The molecule has 0 heterocycles. The Hall–Kier alpha value is -2.19. The molecule has 3 aromatic carbocycles. The molecule has 0 aliphatic rings. The Bertz CT molecular complexity index is 886. The van der Waals surface area contributed by atoms with Gasteiger partial charge in [-0.15, -0.1) is 0 Å². The third kappa shape index (κ3) is 3.20. The average Bonchev–Trinajstić information content (AvgIpc) is 2.54. The van der Waals surface area contributed by atoms with Gasteiger partial charge in [0.05, 0.1) is 0 Å². The van der Waals surface area contributed by atoms with Gasteiger partial charge in [-0.05, 0) is 34.0 Å². The SMILES string of the molecule is CC(C)(c1ccccc1)c1ccc2cc(O)c(C(=O)O)cc2c1.[Zn]. The molecule has 24 heavy (non-hydrogen) atoms. The fourth-order valence-electron chi connectivity index (χ4n) is 2.87. The van der Waals surface area contributed by atoms with Gasteiger partial charge in [-0.25, -0.2) is 4.79 Å². The molecule has 0 aliphatic carbocycles.